The van der Waals surface area contributed by atoms with Gasteiger partial charge < -0.3 is 19.9 Å². The van der Waals surface area contributed by atoms with E-state index in [1.807, 2.05) is 37.8 Å². The first kappa shape index (κ1) is 23.9. The van der Waals surface area contributed by atoms with Crippen molar-refractivity contribution in [3.05, 3.63) is 24.3 Å². The number of imide groups is 1. The van der Waals surface area contributed by atoms with Gasteiger partial charge in [-0.05, 0) is 69.2 Å². The van der Waals surface area contributed by atoms with Crippen molar-refractivity contribution >= 4 is 29.3 Å². The number of ether oxygens (including phenoxy) is 1. The first-order valence-corrected chi connectivity index (χ1v) is 12.8. The van der Waals surface area contributed by atoms with Gasteiger partial charge in [-0.1, -0.05) is 0 Å². The van der Waals surface area contributed by atoms with E-state index in [0.717, 1.165) is 51.5 Å². The minimum absolute atomic E-state index is 0.171. The second-order valence-electron chi connectivity index (χ2n) is 11.4. The molecular weight excluding hydrogens is 446 g/mol. The highest BCUT2D eigenvalue weighted by molar-refractivity contribution is 6.01. The molecule has 4 fully saturated rings. The van der Waals surface area contributed by atoms with Crippen molar-refractivity contribution < 1.29 is 19.1 Å². The van der Waals surface area contributed by atoms with E-state index in [9.17, 15) is 14.4 Å². The quantitative estimate of drug-likeness (QED) is 0.620. The van der Waals surface area contributed by atoms with E-state index in [4.69, 9.17) is 4.74 Å². The van der Waals surface area contributed by atoms with Crippen LogP contribution in [0.15, 0.2) is 24.3 Å². The minimum atomic E-state index is -0.437. The molecule has 9 nitrogen and oxygen atoms in total. The smallest absolute Gasteiger partial charge is 0.410 e. The van der Waals surface area contributed by atoms with Gasteiger partial charge in [-0.25, -0.2) is 4.79 Å². The molecule has 4 aliphatic rings. The van der Waals surface area contributed by atoms with E-state index in [-0.39, 0.29) is 23.9 Å². The Balaban J connectivity index is 1.04. The number of piperazine rings is 1. The highest BCUT2D eigenvalue weighted by Gasteiger charge is 2.57. The molecule has 190 valence electrons. The fourth-order valence-electron chi connectivity index (χ4n) is 5.68. The number of carbonyl (C=O) groups is 3. The van der Waals surface area contributed by atoms with Crippen molar-refractivity contribution in [3.63, 3.8) is 0 Å². The number of piperidine rings is 2. The zero-order valence-electron chi connectivity index (χ0n) is 21.0. The van der Waals surface area contributed by atoms with E-state index >= 15 is 0 Å². The number of carbonyl (C=O) groups excluding carboxylic acids is 3. The fourth-order valence-corrected chi connectivity index (χ4v) is 5.68. The molecule has 5 rings (SSSR count). The van der Waals surface area contributed by atoms with Crippen LogP contribution in [0.25, 0.3) is 0 Å². The zero-order chi connectivity index (χ0) is 24.7. The average molecular weight is 484 g/mol. The maximum Gasteiger partial charge on any atom is 0.410 e. The number of likely N-dealkylation sites (tertiary alicyclic amines) is 1. The summed E-state index contributed by atoms with van der Waals surface area (Å²) < 4.78 is 5.52. The molecule has 1 aliphatic carbocycles. The van der Waals surface area contributed by atoms with Crippen LogP contribution < -0.4 is 15.5 Å². The summed E-state index contributed by atoms with van der Waals surface area (Å²) in [5.74, 6) is 1.52. The van der Waals surface area contributed by atoms with Crippen LogP contribution in [0.4, 0.5) is 16.2 Å². The summed E-state index contributed by atoms with van der Waals surface area (Å²) >= 11 is 0. The van der Waals surface area contributed by atoms with Crippen molar-refractivity contribution in [1.82, 2.24) is 15.1 Å². The SMILES string of the molecule is CC(C)(C)OC(=O)N1C[C@@H]2C(CN3CCN(c4ccc(NC5CCC(=O)NC5=O)cc4)CC3)[C@@H]2C1. The Morgan fingerprint density at radius 1 is 1.06 bits per heavy atom. The summed E-state index contributed by atoms with van der Waals surface area (Å²) in [5.41, 5.74) is 1.64. The summed E-state index contributed by atoms with van der Waals surface area (Å²) in [6.45, 7) is 12.6. The third-order valence-corrected chi connectivity index (χ3v) is 7.68. The predicted octanol–water partition coefficient (Wildman–Crippen LogP) is 2.14. The first-order valence-electron chi connectivity index (χ1n) is 12.8. The van der Waals surface area contributed by atoms with Crippen molar-refractivity contribution in [2.45, 2.75) is 45.3 Å². The summed E-state index contributed by atoms with van der Waals surface area (Å²) in [4.78, 5) is 42.4. The van der Waals surface area contributed by atoms with E-state index in [0.29, 0.717) is 30.6 Å². The van der Waals surface area contributed by atoms with E-state index in [2.05, 4.69) is 32.6 Å². The molecule has 4 atom stereocenters. The van der Waals surface area contributed by atoms with Gasteiger partial charge in [-0.3, -0.25) is 19.8 Å². The van der Waals surface area contributed by atoms with Gasteiger partial charge in [0.15, 0.2) is 0 Å². The standard InChI is InChI=1S/C26H37N5O4/c1-26(2,3)35-25(34)31-15-20-19(21(20)16-31)14-29-10-12-30(13-11-29)18-6-4-17(5-7-18)27-22-8-9-23(32)28-24(22)33/h4-7,19-22,27H,8-16H2,1-3H3,(H,28,32,33)/t19?,20-,21+,22?. The first-order chi connectivity index (χ1) is 16.7. The number of benzene rings is 1. The largest absolute Gasteiger partial charge is 0.444 e. The number of anilines is 2. The van der Waals surface area contributed by atoms with Crippen LogP contribution in [0.5, 0.6) is 0 Å². The normalized spacial score (nSPS) is 29.0. The van der Waals surface area contributed by atoms with Gasteiger partial charge in [0.2, 0.25) is 11.8 Å². The van der Waals surface area contributed by atoms with Crippen LogP contribution >= 0.6 is 0 Å². The molecule has 0 spiro atoms. The van der Waals surface area contributed by atoms with Crippen LogP contribution in [0.3, 0.4) is 0 Å². The Morgan fingerprint density at radius 2 is 1.71 bits per heavy atom. The summed E-state index contributed by atoms with van der Waals surface area (Å²) in [6, 6.07) is 7.85. The Morgan fingerprint density at radius 3 is 2.31 bits per heavy atom. The average Bonchev–Trinajstić information content (AvgIpc) is 3.23. The molecule has 2 N–H and O–H groups in total. The number of rotatable bonds is 5. The molecule has 0 radical (unpaired) electrons. The molecule has 2 unspecified atom stereocenters. The van der Waals surface area contributed by atoms with E-state index < -0.39 is 5.60 Å². The number of nitrogens with zero attached hydrogens (tertiary/aromatic N) is 3. The number of amides is 3. The molecule has 1 aromatic carbocycles. The van der Waals surface area contributed by atoms with Crippen LogP contribution in [0.1, 0.15) is 33.6 Å². The maximum absolute atomic E-state index is 12.3. The van der Waals surface area contributed by atoms with Gasteiger partial charge in [0.05, 0.1) is 0 Å². The Kier molecular flexibility index (Phi) is 6.38. The van der Waals surface area contributed by atoms with Gasteiger partial charge in [0.1, 0.15) is 11.6 Å². The third kappa shape index (κ3) is 5.55. The molecule has 9 heteroatoms. The van der Waals surface area contributed by atoms with Crippen LogP contribution in [-0.2, 0) is 14.3 Å². The predicted molar refractivity (Wildman–Crippen MR) is 133 cm³/mol. The summed E-state index contributed by atoms with van der Waals surface area (Å²) in [5, 5.41) is 5.62. The summed E-state index contributed by atoms with van der Waals surface area (Å²) in [6.07, 6.45) is 0.724. The Labute approximate surface area is 207 Å². The number of nitrogens with one attached hydrogen (secondary N) is 2. The van der Waals surface area contributed by atoms with Gasteiger partial charge in [0.25, 0.3) is 0 Å². The Bertz CT molecular complexity index is 955. The fraction of sp³-hybridized carbons (Fsp3) is 0.654. The highest BCUT2D eigenvalue weighted by atomic mass is 16.6. The second-order valence-corrected chi connectivity index (χ2v) is 11.4. The molecule has 3 heterocycles. The lowest BCUT2D eigenvalue weighted by Gasteiger charge is -2.36. The molecule has 1 aromatic rings. The van der Waals surface area contributed by atoms with Crippen LogP contribution in [-0.4, -0.2) is 85.2 Å². The number of fused-ring (bicyclic) bond motifs is 1. The molecule has 1 saturated carbocycles. The zero-order valence-corrected chi connectivity index (χ0v) is 21.0. The topological polar surface area (TPSA) is 94.2 Å². The van der Waals surface area contributed by atoms with Crippen molar-refractivity contribution in [1.29, 1.82) is 0 Å². The third-order valence-electron chi connectivity index (χ3n) is 7.68. The Hall–Kier alpha value is -2.81. The van der Waals surface area contributed by atoms with Crippen molar-refractivity contribution in [2.24, 2.45) is 17.8 Å². The molecule has 3 saturated heterocycles. The molecular formula is C26H37N5O4. The van der Waals surface area contributed by atoms with Gasteiger partial charge in [0, 0.05) is 63.6 Å². The lowest BCUT2D eigenvalue weighted by molar-refractivity contribution is -0.133. The number of hydrogen-bond acceptors (Lipinski definition) is 7. The molecule has 35 heavy (non-hydrogen) atoms. The van der Waals surface area contributed by atoms with Gasteiger partial charge in [-0.2, -0.15) is 0 Å². The molecule has 3 amide bonds. The lowest BCUT2D eigenvalue weighted by Crippen LogP contribution is -2.47. The van der Waals surface area contributed by atoms with Crippen LogP contribution in [0.2, 0.25) is 0 Å². The van der Waals surface area contributed by atoms with Crippen molar-refractivity contribution in [3.8, 4) is 0 Å². The van der Waals surface area contributed by atoms with Crippen LogP contribution in [0, 0.1) is 17.8 Å². The van der Waals surface area contributed by atoms with E-state index in [1.54, 1.807) is 0 Å². The van der Waals surface area contributed by atoms with Gasteiger partial charge >= 0.3 is 6.09 Å². The summed E-state index contributed by atoms with van der Waals surface area (Å²) in [7, 11) is 0. The minimum Gasteiger partial charge on any atom is -0.444 e. The van der Waals surface area contributed by atoms with Gasteiger partial charge in [-0.15, -0.1) is 0 Å². The van der Waals surface area contributed by atoms with E-state index in [1.165, 1.54) is 5.69 Å². The number of hydrogen-bond donors (Lipinski definition) is 2. The lowest BCUT2D eigenvalue weighted by atomic mass is 10.1. The molecule has 0 bridgehead atoms. The maximum atomic E-state index is 12.3. The molecule has 0 aromatic heterocycles. The highest BCUT2D eigenvalue weighted by Crippen LogP contribution is 2.52. The second kappa shape index (κ2) is 9.33. The van der Waals surface area contributed by atoms with Crippen molar-refractivity contribution in [2.75, 3.05) is 56.0 Å². The molecule has 3 aliphatic heterocycles. The monoisotopic (exact) mass is 483 g/mol.